The molecule has 0 bridgehead atoms. The molecular formula is C11H11N. The van der Waals surface area contributed by atoms with E-state index in [1.807, 2.05) is 18.2 Å². The highest BCUT2D eigenvalue weighted by Crippen LogP contribution is 2.10. The second-order valence-electron chi connectivity index (χ2n) is 2.81. The van der Waals surface area contributed by atoms with E-state index in [0.717, 1.165) is 5.56 Å². The molecule has 0 aromatic heterocycles. The number of hydrogen-bond acceptors (Lipinski definition) is 1. The summed E-state index contributed by atoms with van der Waals surface area (Å²) in [6.45, 7) is 4.15. The molecule has 0 N–H and O–H groups in total. The Morgan fingerprint density at radius 2 is 2.00 bits per heavy atom. The van der Waals surface area contributed by atoms with E-state index in [0.29, 0.717) is 0 Å². The molecule has 1 nitrogen and oxygen atoms in total. The second-order valence-corrected chi connectivity index (χ2v) is 2.81. The van der Waals surface area contributed by atoms with E-state index < -0.39 is 0 Å². The Labute approximate surface area is 73.0 Å². The number of allylic oxidation sites excluding steroid dienone is 1. The van der Waals surface area contributed by atoms with Crippen LogP contribution in [0.25, 0.3) is 6.08 Å². The maximum atomic E-state index is 8.31. The van der Waals surface area contributed by atoms with Crippen LogP contribution in [0.4, 0.5) is 0 Å². The van der Waals surface area contributed by atoms with E-state index in [-0.39, 0.29) is 0 Å². The van der Waals surface area contributed by atoms with Crippen molar-refractivity contribution in [2.24, 2.45) is 0 Å². The van der Waals surface area contributed by atoms with Gasteiger partial charge in [0.1, 0.15) is 0 Å². The Balaban J connectivity index is 2.99. The fraction of sp³-hybridized carbons (Fsp3) is 0.182. The second kappa shape index (κ2) is 3.73. The molecule has 0 aliphatic heterocycles. The number of benzene rings is 1. The lowest BCUT2D eigenvalue weighted by Crippen LogP contribution is -1.80. The van der Waals surface area contributed by atoms with Crippen molar-refractivity contribution in [3.63, 3.8) is 0 Å². The molecule has 0 aliphatic carbocycles. The van der Waals surface area contributed by atoms with Crippen molar-refractivity contribution in [1.82, 2.24) is 0 Å². The van der Waals surface area contributed by atoms with Gasteiger partial charge in [0.25, 0.3) is 0 Å². The maximum Gasteiger partial charge on any atom is 0.0912 e. The van der Waals surface area contributed by atoms with Crippen molar-refractivity contribution in [2.75, 3.05) is 0 Å². The van der Waals surface area contributed by atoms with E-state index >= 15 is 0 Å². The van der Waals surface area contributed by atoms with Gasteiger partial charge in [-0.25, -0.2) is 0 Å². The number of aryl methyl sites for hydroxylation is 2. The van der Waals surface area contributed by atoms with Crippen molar-refractivity contribution in [1.29, 1.82) is 5.26 Å². The summed E-state index contributed by atoms with van der Waals surface area (Å²) in [6.07, 6.45) is 3.30. The highest BCUT2D eigenvalue weighted by molar-refractivity contribution is 5.53. The Morgan fingerprint density at radius 3 is 2.58 bits per heavy atom. The molecule has 0 aliphatic rings. The lowest BCUT2D eigenvalue weighted by Gasteiger charge is -1.99. The van der Waals surface area contributed by atoms with Crippen LogP contribution in [0.2, 0.25) is 0 Å². The summed E-state index contributed by atoms with van der Waals surface area (Å²) >= 11 is 0. The third kappa shape index (κ3) is 1.96. The molecule has 0 amide bonds. The van der Waals surface area contributed by atoms with Gasteiger partial charge in [0.2, 0.25) is 0 Å². The predicted molar refractivity (Wildman–Crippen MR) is 50.6 cm³/mol. The summed E-state index contributed by atoms with van der Waals surface area (Å²) in [5.74, 6) is 0. The standard InChI is InChI=1S/C11H11N/c1-9-5-6-11(4-3-7-12)8-10(9)2/h3-6,8H,1-2H3/b4-3+. The first-order valence-corrected chi connectivity index (χ1v) is 3.87. The van der Waals surface area contributed by atoms with Gasteiger partial charge >= 0.3 is 0 Å². The Hall–Kier alpha value is -1.55. The van der Waals surface area contributed by atoms with Crippen molar-refractivity contribution < 1.29 is 0 Å². The molecule has 1 aromatic rings. The highest BCUT2D eigenvalue weighted by atomic mass is 14.2. The zero-order valence-electron chi connectivity index (χ0n) is 7.33. The molecule has 0 saturated carbocycles. The minimum Gasteiger partial charge on any atom is -0.193 e. The van der Waals surface area contributed by atoms with Gasteiger partial charge in [-0.3, -0.25) is 0 Å². The van der Waals surface area contributed by atoms with Gasteiger partial charge in [0.05, 0.1) is 6.07 Å². The van der Waals surface area contributed by atoms with E-state index in [4.69, 9.17) is 5.26 Å². The monoisotopic (exact) mass is 157 g/mol. The number of nitriles is 1. The van der Waals surface area contributed by atoms with Crippen LogP contribution >= 0.6 is 0 Å². The zero-order valence-corrected chi connectivity index (χ0v) is 7.33. The van der Waals surface area contributed by atoms with Gasteiger partial charge in [-0.05, 0) is 36.6 Å². The Morgan fingerprint density at radius 1 is 1.25 bits per heavy atom. The lowest BCUT2D eigenvalue weighted by molar-refractivity contribution is 1.33. The molecule has 12 heavy (non-hydrogen) atoms. The van der Waals surface area contributed by atoms with Crippen LogP contribution in [0.5, 0.6) is 0 Å². The molecule has 1 rings (SSSR count). The van der Waals surface area contributed by atoms with Gasteiger partial charge in [-0.1, -0.05) is 18.2 Å². The van der Waals surface area contributed by atoms with Crippen LogP contribution in [-0.2, 0) is 0 Å². The average Bonchev–Trinajstić information content (AvgIpc) is 2.07. The zero-order chi connectivity index (χ0) is 8.97. The van der Waals surface area contributed by atoms with Crippen LogP contribution in [0, 0.1) is 25.2 Å². The van der Waals surface area contributed by atoms with E-state index in [1.54, 1.807) is 0 Å². The minimum atomic E-state index is 1.08. The minimum absolute atomic E-state index is 1.08. The number of rotatable bonds is 1. The normalized spacial score (nSPS) is 10.1. The van der Waals surface area contributed by atoms with Crippen LogP contribution in [-0.4, -0.2) is 0 Å². The van der Waals surface area contributed by atoms with Crippen LogP contribution in [0.3, 0.4) is 0 Å². The van der Waals surface area contributed by atoms with E-state index in [9.17, 15) is 0 Å². The van der Waals surface area contributed by atoms with Gasteiger partial charge in [-0.15, -0.1) is 0 Å². The summed E-state index contributed by atoms with van der Waals surface area (Å²) in [7, 11) is 0. The Bertz CT molecular complexity index is 343. The molecule has 0 unspecified atom stereocenters. The van der Waals surface area contributed by atoms with Crippen LogP contribution in [0.15, 0.2) is 24.3 Å². The first-order valence-electron chi connectivity index (χ1n) is 3.87. The summed E-state index contributed by atoms with van der Waals surface area (Å²) in [5.41, 5.74) is 3.62. The van der Waals surface area contributed by atoms with Crippen molar-refractivity contribution >= 4 is 6.08 Å². The molecule has 0 atom stereocenters. The summed E-state index contributed by atoms with van der Waals surface area (Å²) in [5, 5.41) is 8.31. The fourth-order valence-corrected chi connectivity index (χ4v) is 1.00. The first-order chi connectivity index (χ1) is 5.74. The smallest absolute Gasteiger partial charge is 0.0912 e. The van der Waals surface area contributed by atoms with Crippen molar-refractivity contribution in [3.05, 3.63) is 41.0 Å². The summed E-state index contributed by atoms with van der Waals surface area (Å²) in [4.78, 5) is 0. The molecule has 1 heteroatoms. The van der Waals surface area contributed by atoms with Gasteiger partial charge < -0.3 is 0 Å². The molecule has 0 radical (unpaired) electrons. The molecule has 0 spiro atoms. The molecule has 0 saturated heterocycles. The molecule has 0 fully saturated rings. The van der Waals surface area contributed by atoms with Gasteiger partial charge in [-0.2, -0.15) is 5.26 Å². The van der Waals surface area contributed by atoms with Crippen LogP contribution in [0.1, 0.15) is 16.7 Å². The lowest BCUT2D eigenvalue weighted by atomic mass is 10.1. The van der Waals surface area contributed by atoms with Gasteiger partial charge in [0.15, 0.2) is 0 Å². The predicted octanol–water partition coefficient (Wildman–Crippen LogP) is 2.84. The van der Waals surface area contributed by atoms with E-state index in [2.05, 4.69) is 26.0 Å². The molecule has 0 heterocycles. The first kappa shape index (κ1) is 8.55. The molecule has 1 aromatic carbocycles. The average molecular weight is 157 g/mol. The number of nitrogens with zero attached hydrogens (tertiary/aromatic N) is 1. The largest absolute Gasteiger partial charge is 0.193 e. The molecule has 60 valence electrons. The van der Waals surface area contributed by atoms with Crippen molar-refractivity contribution in [2.45, 2.75) is 13.8 Å². The number of hydrogen-bond donors (Lipinski definition) is 0. The van der Waals surface area contributed by atoms with Gasteiger partial charge in [0, 0.05) is 6.08 Å². The summed E-state index contributed by atoms with van der Waals surface area (Å²) < 4.78 is 0. The third-order valence-electron chi connectivity index (χ3n) is 1.88. The topological polar surface area (TPSA) is 23.8 Å². The SMILES string of the molecule is Cc1ccc(/C=C/C#N)cc1C. The van der Waals surface area contributed by atoms with E-state index in [1.165, 1.54) is 17.2 Å². The molecular weight excluding hydrogens is 146 g/mol. The van der Waals surface area contributed by atoms with Crippen LogP contribution < -0.4 is 0 Å². The fourth-order valence-electron chi connectivity index (χ4n) is 1.00. The third-order valence-corrected chi connectivity index (χ3v) is 1.88. The Kier molecular flexibility index (Phi) is 2.66. The highest BCUT2D eigenvalue weighted by Gasteiger charge is 1.91. The maximum absolute atomic E-state index is 8.31. The quantitative estimate of drug-likeness (QED) is 0.575. The summed E-state index contributed by atoms with van der Waals surface area (Å²) in [6, 6.07) is 8.11. The van der Waals surface area contributed by atoms with Crippen molar-refractivity contribution in [3.8, 4) is 6.07 Å².